The first kappa shape index (κ1) is 11.4. The highest BCUT2D eigenvalue weighted by atomic mass is 15.4. The molecule has 1 spiro atoms. The van der Waals surface area contributed by atoms with Gasteiger partial charge >= 0.3 is 0 Å². The summed E-state index contributed by atoms with van der Waals surface area (Å²) in [4.78, 5) is 0. The Labute approximate surface area is 95.4 Å². The molecule has 0 aromatic heterocycles. The van der Waals surface area contributed by atoms with Crippen LogP contribution >= 0.6 is 0 Å². The van der Waals surface area contributed by atoms with Crippen LogP contribution in [0.15, 0.2) is 0 Å². The van der Waals surface area contributed by atoms with Crippen LogP contribution in [-0.2, 0) is 0 Å². The van der Waals surface area contributed by atoms with E-state index in [1.807, 2.05) is 0 Å². The van der Waals surface area contributed by atoms with Crippen molar-refractivity contribution < 1.29 is 4.48 Å². The third-order valence-corrected chi connectivity index (χ3v) is 4.89. The van der Waals surface area contributed by atoms with Crippen LogP contribution in [0.25, 0.3) is 0 Å². The highest BCUT2D eigenvalue weighted by molar-refractivity contribution is 4.67. The Morgan fingerprint density at radius 2 is 1.47 bits per heavy atom. The van der Waals surface area contributed by atoms with Gasteiger partial charge in [-0.15, -0.1) is 0 Å². The third-order valence-electron chi connectivity index (χ3n) is 4.89. The van der Waals surface area contributed by atoms with E-state index in [1.165, 1.54) is 69.1 Å². The van der Waals surface area contributed by atoms with E-state index in [2.05, 4.69) is 13.8 Å². The lowest BCUT2D eigenvalue weighted by Gasteiger charge is -2.43. The van der Waals surface area contributed by atoms with Crippen molar-refractivity contribution in [2.45, 2.75) is 64.8 Å². The van der Waals surface area contributed by atoms with Gasteiger partial charge in [-0.3, -0.25) is 0 Å². The third kappa shape index (κ3) is 2.55. The van der Waals surface area contributed by atoms with Gasteiger partial charge in [-0.05, 0) is 51.9 Å². The van der Waals surface area contributed by atoms with E-state index in [9.17, 15) is 0 Å². The SMILES string of the molecule is CC1CCCC(C)[N+]2(CCCCCC2)C1. The lowest BCUT2D eigenvalue weighted by Crippen LogP contribution is -2.55. The second-order valence-corrected chi connectivity index (χ2v) is 6.15. The molecule has 0 aromatic rings. The molecule has 1 nitrogen and oxygen atoms in total. The van der Waals surface area contributed by atoms with Crippen molar-refractivity contribution in [3.8, 4) is 0 Å². The Kier molecular flexibility index (Phi) is 3.71. The van der Waals surface area contributed by atoms with Gasteiger partial charge in [0.2, 0.25) is 0 Å². The Hall–Kier alpha value is -0.0400. The molecule has 2 atom stereocenters. The van der Waals surface area contributed by atoms with Gasteiger partial charge in [-0.1, -0.05) is 6.92 Å². The molecule has 0 N–H and O–H groups in total. The number of nitrogens with zero attached hydrogens (tertiary/aromatic N) is 1. The predicted octanol–water partition coefficient (Wildman–Crippen LogP) is 3.59. The zero-order valence-electron chi connectivity index (χ0n) is 10.7. The molecule has 15 heavy (non-hydrogen) atoms. The first-order chi connectivity index (χ1) is 7.23. The van der Waals surface area contributed by atoms with Gasteiger partial charge in [-0.25, -0.2) is 0 Å². The number of rotatable bonds is 0. The molecule has 2 aliphatic heterocycles. The molecule has 0 radical (unpaired) electrons. The van der Waals surface area contributed by atoms with E-state index < -0.39 is 0 Å². The van der Waals surface area contributed by atoms with E-state index in [4.69, 9.17) is 0 Å². The summed E-state index contributed by atoms with van der Waals surface area (Å²) in [6.07, 6.45) is 10.4. The fourth-order valence-corrected chi connectivity index (χ4v) is 3.87. The highest BCUT2D eigenvalue weighted by Gasteiger charge is 2.37. The molecule has 2 fully saturated rings. The van der Waals surface area contributed by atoms with Crippen molar-refractivity contribution in [2.24, 2.45) is 5.92 Å². The predicted molar refractivity (Wildman–Crippen MR) is 65.8 cm³/mol. The maximum absolute atomic E-state index is 2.52. The minimum Gasteiger partial charge on any atom is -0.321 e. The Bertz CT molecular complexity index is 192. The Balaban J connectivity index is 2.11. The van der Waals surface area contributed by atoms with Crippen LogP contribution in [0, 0.1) is 5.92 Å². The van der Waals surface area contributed by atoms with E-state index in [0.717, 1.165) is 12.0 Å². The second-order valence-electron chi connectivity index (χ2n) is 6.15. The van der Waals surface area contributed by atoms with Crippen molar-refractivity contribution in [2.75, 3.05) is 19.6 Å². The van der Waals surface area contributed by atoms with Crippen molar-refractivity contribution in [1.29, 1.82) is 0 Å². The molecule has 0 aliphatic carbocycles. The van der Waals surface area contributed by atoms with Crippen molar-refractivity contribution in [3.05, 3.63) is 0 Å². The van der Waals surface area contributed by atoms with Crippen LogP contribution in [0.4, 0.5) is 0 Å². The summed E-state index contributed by atoms with van der Waals surface area (Å²) in [5, 5.41) is 0. The lowest BCUT2D eigenvalue weighted by atomic mass is 10.1. The molecule has 0 aromatic carbocycles. The molecule has 2 aliphatic rings. The molecular weight excluding hydrogens is 182 g/mol. The molecule has 0 amide bonds. The normalized spacial score (nSPS) is 37.2. The lowest BCUT2D eigenvalue weighted by molar-refractivity contribution is -0.950. The van der Waals surface area contributed by atoms with E-state index in [-0.39, 0.29) is 0 Å². The van der Waals surface area contributed by atoms with Gasteiger partial charge in [0, 0.05) is 5.92 Å². The van der Waals surface area contributed by atoms with Gasteiger partial charge in [0.25, 0.3) is 0 Å². The first-order valence-corrected chi connectivity index (χ1v) is 7.09. The molecule has 2 heterocycles. The maximum Gasteiger partial charge on any atom is 0.0861 e. The molecule has 88 valence electrons. The molecule has 0 bridgehead atoms. The van der Waals surface area contributed by atoms with Gasteiger partial charge in [0.15, 0.2) is 0 Å². The maximum atomic E-state index is 2.52. The van der Waals surface area contributed by atoms with Crippen molar-refractivity contribution in [1.82, 2.24) is 0 Å². The van der Waals surface area contributed by atoms with Gasteiger partial charge in [-0.2, -0.15) is 0 Å². The summed E-state index contributed by atoms with van der Waals surface area (Å²) in [7, 11) is 0. The zero-order chi connectivity index (χ0) is 10.7. The standard InChI is InChI=1S/C14H28N/c1-13-8-7-9-14(2)15(12-13)10-5-3-4-6-11-15/h13-14H,3-12H2,1-2H3/q+1. The monoisotopic (exact) mass is 210 g/mol. The van der Waals surface area contributed by atoms with Gasteiger partial charge in [0.05, 0.1) is 25.7 Å². The molecule has 1 heteroatoms. The summed E-state index contributed by atoms with van der Waals surface area (Å²) >= 11 is 0. The zero-order valence-corrected chi connectivity index (χ0v) is 10.7. The minimum absolute atomic E-state index is 0.938. The first-order valence-electron chi connectivity index (χ1n) is 7.09. The van der Waals surface area contributed by atoms with Crippen LogP contribution in [0.3, 0.4) is 0 Å². The molecular formula is C14H28N+. The van der Waals surface area contributed by atoms with Gasteiger partial charge < -0.3 is 4.48 Å². The summed E-state index contributed by atoms with van der Waals surface area (Å²) in [5.41, 5.74) is 0. The quantitative estimate of drug-likeness (QED) is 0.536. The summed E-state index contributed by atoms with van der Waals surface area (Å²) in [6.45, 7) is 9.42. The average molecular weight is 210 g/mol. The summed E-state index contributed by atoms with van der Waals surface area (Å²) < 4.78 is 1.47. The summed E-state index contributed by atoms with van der Waals surface area (Å²) in [5.74, 6) is 0.966. The number of hydrogen-bond donors (Lipinski definition) is 0. The molecule has 2 unspecified atom stereocenters. The topological polar surface area (TPSA) is 0 Å². The molecule has 0 saturated carbocycles. The van der Waals surface area contributed by atoms with Crippen LogP contribution in [-0.4, -0.2) is 30.2 Å². The van der Waals surface area contributed by atoms with Crippen LogP contribution in [0.1, 0.15) is 58.8 Å². The number of quaternary nitrogens is 1. The van der Waals surface area contributed by atoms with E-state index in [0.29, 0.717) is 0 Å². The minimum atomic E-state index is 0.938. The molecule has 2 rings (SSSR count). The van der Waals surface area contributed by atoms with Crippen LogP contribution < -0.4 is 0 Å². The van der Waals surface area contributed by atoms with Crippen molar-refractivity contribution in [3.63, 3.8) is 0 Å². The fraction of sp³-hybridized carbons (Fsp3) is 1.00. The van der Waals surface area contributed by atoms with E-state index in [1.54, 1.807) is 0 Å². The van der Waals surface area contributed by atoms with Crippen molar-refractivity contribution >= 4 is 0 Å². The molecule has 2 saturated heterocycles. The average Bonchev–Trinajstić information content (AvgIpc) is 2.50. The highest BCUT2D eigenvalue weighted by Crippen LogP contribution is 2.31. The summed E-state index contributed by atoms with van der Waals surface area (Å²) in [6, 6.07) is 0.938. The largest absolute Gasteiger partial charge is 0.321 e. The Morgan fingerprint density at radius 1 is 0.800 bits per heavy atom. The fourth-order valence-electron chi connectivity index (χ4n) is 3.87. The van der Waals surface area contributed by atoms with Gasteiger partial charge in [0.1, 0.15) is 0 Å². The van der Waals surface area contributed by atoms with Crippen LogP contribution in [0.5, 0.6) is 0 Å². The van der Waals surface area contributed by atoms with E-state index >= 15 is 0 Å². The second kappa shape index (κ2) is 4.86. The number of hydrogen-bond acceptors (Lipinski definition) is 0. The Morgan fingerprint density at radius 3 is 2.13 bits per heavy atom. The smallest absolute Gasteiger partial charge is 0.0861 e. The van der Waals surface area contributed by atoms with Crippen LogP contribution in [0.2, 0.25) is 0 Å².